The second-order valence-corrected chi connectivity index (χ2v) is 2.91. The van der Waals surface area contributed by atoms with E-state index >= 15 is 0 Å². The minimum Gasteiger partial charge on any atom is -0.306 e. The van der Waals surface area contributed by atoms with Crippen molar-refractivity contribution in [3.05, 3.63) is 0 Å². The Morgan fingerprint density at radius 2 is 2.57 bits per heavy atom. The molecule has 3 nitrogen and oxygen atoms in total. The molecule has 1 aliphatic heterocycles. The van der Waals surface area contributed by atoms with Gasteiger partial charge < -0.3 is 11.2 Å². The largest absolute Gasteiger partial charge is 0.306 e. The van der Waals surface area contributed by atoms with Crippen LogP contribution in [0.5, 0.6) is 0 Å². The van der Waals surface area contributed by atoms with Crippen LogP contribution in [0.3, 0.4) is 0 Å². The Hall–Kier alpha value is 0.160. The summed E-state index contributed by atoms with van der Waals surface area (Å²) in [7, 11) is 0. The predicted molar refractivity (Wildman–Crippen MR) is 34.4 cm³/mol. The minimum absolute atomic E-state index is 0.0625. The standard InChI is InChI=1S/C2H5N3S2/c3-1-4-5-2(6)7-1/h1,4H,3H2,(H,5,6)/t1-/m1/s1. The maximum atomic E-state index is 5.33. The van der Waals surface area contributed by atoms with Crippen molar-refractivity contribution < 1.29 is 0 Å². The minimum atomic E-state index is -0.0625. The number of hydrazine groups is 1. The lowest BCUT2D eigenvalue weighted by atomic mass is 11.2. The summed E-state index contributed by atoms with van der Waals surface area (Å²) in [5.74, 6) is 0. The molecule has 0 aromatic heterocycles. The Balaban J connectivity index is 2.40. The zero-order valence-electron chi connectivity index (χ0n) is 3.47. The van der Waals surface area contributed by atoms with Gasteiger partial charge in [-0.3, -0.25) is 0 Å². The molecule has 1 atom stereocenters. The third-order valence-electron chi connectivity index (χ3n) is 0.550. The molecule has 40 valence electrons. The Morgan fingerprint density at radius 3 is 2.71 bits per heavy atom. The molecule has 1 saturated heterocycles. The average Bonchev–Trinajstić information content (AvgIpc) is 1.87. The lowest BCUT2D eigenvalue weighted by Gasteiger charge is -1.93. The van der Waals surface area contributed by atoms with Crippen LogP contribution < -0.4 is 16.6 Å². The van der Waals surface area contributed by atoms with Gasteiger partial charge in [0, 0.05) is 0 Å². The first-order valence-corrected chi connectivity index (χ1v) is 3.05. The van der Waals surface area contributed by atoms with Crippen LogP contribution in [0.1, 0.15) is 0 Å². The van der Waals surface area contributed by atoms with Crippen LogP contribution in [0, 0.1) is 0 Å². The zero-order valence-corrected chi connectivity index (χ0v) is 5.10. The lowest BCUT2D eigenvalue weighted by Crippen LogP contribution is -2.35. The Labute approximate surface area is 51.0 Å². The van der Waals surface area contributed by atoms with Gasteiger partial charge in [0.05, 0.1) is 0 Å². The summed E-state index contributed by atoms with van der Waals surface area (Å²) in [6.45, 7) is 0. The number of nitrogens with one attached hydrogen (secondary N) is 2. The summed E-state index contributed by atoms with van der Waals surface area (Å²) >= 11 is 6.11. The van der Waals surface area contributed by atoms with Crippen LogP contribution in [0.2, 0.25) is 0 Å². The molecule has 0 bridgehead atoms. The summed E-state index contributed by atoms with van der Waals surface area (Å²) in [6, 6.07) is 0. The maximum Gasteiger partial charge on any atom is 0.150 e. The van der Waals surface area contributed by atoms with Crippen molar-refractivity contribution in [3.63, 3.8) is 0 Å². The molecule has 0 radical (unpaired) electrons. The molecule has 1 fully saturated rings. The fraction of sp³-hybridized carbons (Fsp3) is 0.500. The molecule has 0 unspecified atom stereocenters. The Morgan fingerprint density at radius 1 is 1.86 bits per heavy atom. The number of nitrogens with two attached hydrogens (primary N) is 1. The van der Waals surface area contributed by atoms with E-state index in [0.717, 1.165) is 0 Å². The molecule has 0 saturated carbocycles. The number of hydrogen-bond donors (Lipinski definition) is 3. The van der Waals surface area contributed by atoms with E-state index in [1.165, 1.54) is 11.8 Å². The molecular weight excluding hydrogens is 130 g/mol. The van der Waals surface area contributed by atoms with Crippen molar-refractivity contribution in [2.75, 3.05) is 0 Å². The molecule has 1 rings (SSSR count). The van der Waals surface area contributed by atoms with Crippen molar-refractivity contribution in [1.29, 1.82) is 0 Å². The van der Waals surface area contributed by atoms with Gasteiger partial charge in [-0.15, -0.1) is 0 Å². The smallest absolute Gasteiger partial charge is 0.150 e. The molecule has 7 heavy (non-hydrogen) atoms. The third-order valence-corrected chi connectivity index (χ3v) is 1.63. The fourth-order valence-electron chi connectivity index (χ4n) is 0.304. The Bertz CT molecular complexity index is 92.9. The Kier molecular flexibility index (Phi) is 1.48. The second kappa shape index (κ2) is 1.95. The number of rotatable bonds is 0. The van der Waals surface area contributed by atoms with Crippen LogP contribution >= 0.6 is 24.0 Å². The SMILES string of the molecule is N[C@@H]1NNC(=S)S1. The van der Waals surface area contributed by atoms with Crippen LogP contribution in [-0.2, 0) is 0 Å². The van der Waals surface area contributed by atoms with E-state index in [9.17, 15) is 0 Å². The highest BCUT2D eigenvalue weighted by Gasteiger charge is 2.12. The van der Waals surface area contributed by atoms with Gasteiger partial charge >= 0.3 is 0 Å². The molecule has 5 heteroatoms. The van der Waals surface area contributed by atoms with Gasteiger partial charge in [-0.05, 0) is 0 Å². The molecule has 0 amide bonds. The molecule has 0 aromatic rings. The molecule has 4 N–H and O–H groups in total. The van der Waals surface area contributed by atoms with Gasteiger partial charge in [-0.1, -0.05) is 24.0 Å². The monoisotopic (exact) mass is 135 g/mol. The third kappa shape index (κ3) is 1.27. The van der Waals surface area contributed by atoms with E-state index in [1.807, 2.05) is 0 Å². The van der Waals surface area contributed by atoms with Crippen molar-refractivity contribution in [3.8, 4) is 0 Å². The average molecular weight is 135 g/mol. The highest BCUT2D eigenvalue weighted by atomic mass is 32.2. The van der Waals surface area contributed by atoms with Crippen molar-refractivity contribution in [2.24, 2.45) is 5.73 Å². The molecule has 0 spiro atoms. The van der Waals surface area contributed by atoms with Crippen LogP contribution in [0.25, 0.3) is 0 Å². The fourth-order valence-corrected chi connectivity index (χ4v) is 1.14. The van der Waals surface area contributed by atoms with Gasteiger partial charge in [0.2, 0.25) is 0 Å². The van der Waals surface area contributed by atoms with Gasteiger partial charge in [0.1, 0.15) is 5.50 Å². The second-order valence-electron chi connectivity index (χ2n) is 1.10. The number of thiocarbonyl (C=S) groups is 1. The zero-order chi connectivity index (χ0) is 5.28. The number of hydrogen-bond acceptors (Lipinski definition) is 4. The van der Waals surface area contributed by atoms with E-state index < -0.39 is 0 Å². The van der Waals surface area contributed by atoms with E-state index in [-0.39, 0.29) is 5.50 Å². The summed E-state index contributed by atoms with van der Waals surface area (Å²) < 4.78 is 0.715. The number of thioether (sulfide) groups is 1. The summed E-state index contributed by atoms with van der Waals surface area (Å²) in [5.41, 5.74) is 10.7. The molecule has 0 aromatic carbocycles. The van der Waals surface area contributed by atoms with Gasteiger partial charge in [-0.25, -0.2) is 5.43 Å². The van der Waals surface area contributed by atoms with Crippen LogP contribution in [0.15, 0.2) is 0 Å². The van der Waals surface area contributed by atoms with E-state index in [4.69, 9.17) is 18.0 Å². The first-order chi connectivity index (χ1) is 3.29. The summed E-state index contributed by atoms with van der Waals surface area (Å²) in [4.78, 5) is 0. The predicted octanol–water partition coefficient (Wildman–Crippen LogP) is -0.645. The first-order valence-electron chi connectivity index (χ1n) is 1.77. The first kappa shape index (κ1) is 5.30. The topological polar surface area (TPSA) is 50.1 Å². The van der Waals surface area contributed by atoms with Gasteiger partial charge in [-0.2, -0.15) is 0 Å². The summed E-state index contributed by atoms with van der Waals surface area (Å²) in [5, 5.41) is 0. The van der Waals surface area contributed by atoms with Crippen LogP contribution in [-0.4, -0.2) is 9.82 Å². The summed E-state index contributed by atoms with van der Waals surface area (Å²) in [6.07, 6.45) is 0. The van der Waals surface area contributed by atoms with Crippen molar-refractivity contribution in [2.45, 2.75) is 5.50 Å². The quantitative estimate of drug-likeness (QED) is 0.386. The van der Waals surface area contributed by atoms with Crippen LogP contribution in [0.4, 0.5) is 0 Å². The van der Waals surface area contributed by atoms with E-state index in [1.54, 1.807) is 0 Å². The van der Waals surface area contributed by atoms with Gasteiger partial charge in [0.25, 0.3) is 0 Å². The normalized spacial score (nSPS) is 30.4. The van der Waals surface area contributed by atoms with Gasteiger partial charge in [0.15, 0.2) is 4.32 Å². The van der Waals surface area contributed by atoms with Crippen molar-refractivity contribution >= 4 is 28.3 Å². The molecule has 1 heterocycles. The molecular formula is C2H5N3S2. The van der Waals surface area contributed by atoms with E-state index in [0.29, 0.717) is 4.32 Å². The van der Waals surface area contributed by atoms with E-state index in [2.05, 4.69) is 10.9 Å². The lowest BCUT2D eigenvalue weighted by molar-refractivity contribution is 0.659. The molecule has 0 aliphatic carbocycles. The molecule has 1 aliphatic rings. The maximum absolute atomic E-state index is 5.33. The van der Waals surface area contributed by atoms with Crippen molar-refractivity contribution in [1.82, 2.24) is 10.9 Å². The highest BCUT2D eigenvalue weighted by molar-refractivity contribution is 8.23. The highest BCUT2D eigenvalue weighted by Crippen LogP contribution is 2.07.